The summed E-state index contributed by atoms with van der Waals surface area (Å²) in [5.41, 5.74) is 21.9. The molecule has 216 valence electrons. The van der Waals surface area contributed by atoms with E-state index in [4.69, 9.17) is 22.9 Å². The van der Waals surface area contributed by atoms with Crippen molar-refractivity contribution in [3.8, 4) is 5.75 Å². The van der Waals surface area contributed by atoms with Gasteiger partial charge in [0.15, 0.2) is 5.96 Å². The van der Waals surface area contributed by atoms with E-state index in [0.29, 0.717) is 5.56 Å². The largest absolute Gasteiger partial charge is 0.508 e. The molecule has 1 aromatic carbocycles. The van der Waals surface area contributed by atoms with Gasteiger partial charge in [-0.2, -0.15) is 0 Å². The smallest absolute Gasteiger partial charge is 0.326 e. The monoisotopic (exact) mass is 550 g/mol. The maximum atomic E-state index is 13.2. The second kappa shape index (κ2) is 15.8. The Balaban J connectivity index is 3.02. The van der Waals surface area contributed by atoms with Crippen LogP contribution in [0.25, 0.3) is 0 Å². The van der Waals surface area contributed by atoms with Gasteiger partial charge in [0.05, 0.1) is 12.5 Å². The van der Waals surface area contributed by atoms with E-state index in [1.807, 2.05) is 0 Å². The summed E-state index contributed by atoms with van der Waals surface area (Å²) in [6.07, 6.45) is -0.180. The van der Waals surface area contributed by atoms with Crippen molar-refractivity contribution in [2.75, 3.05) is 6.54 Å². The van der Waals surface area contributed by atoms with E-state index < -0.39 is 66.1 Å². The number of benzene rings is 1. The molecule has 15 nitrogen and oxygen atoms in total. The zero-order valence-corrected chi connectivity index (χ0v) is 21.9. The highest BCUT2D eigenvalue weighted by molar-refractivity contribution is 5.95. The summed E-state index contributed by atoms with van der Waals surface area (Å²) in [6.45, 7) is 3.45. The van der Waals surface area contributed by atoms with Crippen LogP contribution in [0.1, 0.15) is 38.7 Å². The number of amides is 4. The summed E-state index contributed by atoms with van der Waals surface area (Å²) in [5, 5.41) is 26.5. The predicted molar refractivity (Wildman–Crippen MR) is 142 cm³/mol. The van der Waals surface area contributed by atoms with Crippen LogP contribution < -0.4 is 38.9 Å². The van der Waals surface area contributed by atoms with Crippen LogP contribution in [0.4, 0.5) is 0 Å². The maximum Gasteiger partial charge on any atom is 0.326 e. The topological polar surface area (TPSA) is 278 Å². The molecule has 4 amide bonds. The van der Waals surface area contributed by atoms with Crippen LogP contribution in [0.5, 0.6) is 5.75 Å². The molecule has 0 fully saturated rings. The van der Waals surface area contributed by atoms with Gasteiger partial charge in [-0.1, -0.05) is 26.0 Å². The molecule has 0 aliphatic carbocycles. The Kier molecular flexibility index (Phi) is 13.2. The lowest BCUT2D eigenvalue weighted by Gasteiger charge is -2.27. The normalized spacial score (nSPS) is 13.8. The molecular formula is C24H38N8O7. The first-order valence-electron chi connectivity index (χ1n) is 12.2. The number of carboxylic acids is 1. The third-order valence-electron chi connectivity index (χ3n) is 5.57. The number of aromatic hydroxyl groups is 1. The first kappa shape index (κ1) is 32.6. The molecule has 4 atom stereocenters. The van der Waals surface area contributed by atoms with Crippen LogP contribution >= 0.6 is 0 Å². The zero-order chi connectivity index (χ0) is 29.7. The fourth-order valence-electron chi connectivity index (χ4n) is 3.48. The van der Waals surface area contributed by atoms with Gasteiger partial charge in [-0.15, -0.1) is 0 Å². The number of nitrogens with two attached hydrogens (primary N) is 4. The Morgan fingerprint density at radius 1 is 0.897 bits per heavy atom. The highest BCUT2D eigenvalue weighted by atomic mass is 16.4. The number of nitrogens with zero attached hydrogens (tertiary/aromatic N) is 1. The molecule has 0 aromatic heterocycles. The molecule has 39 heavy (non-hydrogen) atoms. The van der Waals surface area contributed by atoms with Crippen molar-refractivity contribution in [1.29, 1.82) is 0 Å². The molecule has 0 saturated heterocycles. The molecule has 0 heterocycles. The first-order valence-corrected chi connectivity index (χ1v) is 12.2. The van der Waals surface area contributed by atoms with E-state index in [1.165, 1.54) is 24.3 Å². The molecule has 15 heteroatoms. The third kappa shape index (κ3) is 12.1. The number of hydrogen-bond acceptors (Lipinski definition) is 8. The van der Waals surface area contributed by atoms with Crippen molar-refractivity contribution in [1.82, 2.24) is 16.0 Å². The van der Waals surface area contributed by atoms with Gasteiger partial charge >= 0.3 is 5.97 Å². The zero-order valence-electron chi connectivity index (χ0n) is 21.9. The molecule has 0 unspecified atom stereocenters. The van der Waals surface area contributed by atoms with E-state index in [2.05, 4.69) is 20.9 Å². The molecule has 1 rings (SSSR count). The van der Waals surface area contributed by atoms with E-state index in [1.54, 1.807) is 13.8 Å². The van der Waals surface area contributed by atoms with Crippen LogP contribution in [-0.4, -0.2) is 76.5 Å². The average Bonchev–Trinajstić information content (AvgIpc) is 2.83. The number of carbonyl (C=O) groups is 5. The Bertz CT molecular complexity index is 1040. The summed E-state index contributed by atoms with van der Waals surface area (Å²) >= 11 is 0. The summed E-state index contributed by atoms with van der Waals surface area (Å²) in [7, 11) is 0. The quantitative estimate of drug-likeness (QED) is 0.0587. The number of primary amides is 1. The van der Waals surface area contributed by atoms with Crippen LogP contribution in [0, 0.1) is 5.92 Å². The molecule has 0 bridgehead atoms. The third-order valence-corrected chi connectivity index (χ3v) is 5.57. The number of aliphatic imine (C=N–C) groups is 1. The Morgan fingerprint density at radius 3 is 2.00 bits per heavy atom. The summed E-state index contributed by atoms with van der Waals surface area (Å²) < 4.78 is 0. The van der Waals surface area contributed by atoms with Crippen molar-refractivity contribution in [3.63, 3.8) is 0 Å². The Hall–Kier alpha value is -4.40. The highest BCUT2D eigenvalue weighted by Crippen LogP contribution is 2.12. The molecule has 13 N–H and O–H groups in total. The number of guanidine groups is 1. The molecular weight excluding hydrogens is 512 g/mol. The number of nitrogens with one attached hydrogen (secondary N) is 3. The number of aliphatic carboxylic acids is 1. The summed E-state index contributed by atoms with van der Waals surface area (Å²) in [4.78, 5) is 65.4. The number of carboxylic acid groups (broad SMARTS) is 1. The van der Waals surface area contributed by atoms with Crippen LogP contribution in [0.3, 0.4) is 0 Å². The number of hydrogen-bond donors (Lipinski definition) is 9. The minimum Gasteiger partial charge on any atom is -0.508 e. The molecule has 0 spiro atoms. The van der Waals surface area contributed by atoms with Crippen LogP contribution in [0.15, 0.2) is 29.3 Å². The molecule has 0 aliphatic rings. The fourth-order valence-corrected chi connectivity index (χ4v) is 3.48. The van der Waals surface area contributed by atoms with Crippen LogP contribution in [0.2, 0.25) is 0 Å². The van der Waals surface area contributed by atoms with Crippen molar-refractivity contribution in [2.24, 2.45) is 33.8 Å². The van der Waals surface area contributed by atoms with Gasteiger partial charge in [-0.3, -0.25) is 24.2 Å². The summed E-state index contributed by atoms with van der Waals surface area (Å²) in [6, 6.07) is 0.893. The van der Waals surface area contributed by atoms with Crippen molar-refractivity contribution in [3.05, 3.63) is 29.8 Å². The van der Waals surface area contributed by atoms with Gasteiger partial charge in [0.2, 0.25) is 23.6 Å². The van der Waals surface area contributed by atoms with Gasteiger partial charge in [0, 0.05) is 13.0 Å². The van der Waals surface area contributed by atoms with Crippen LogP contribution in [-0.2, 0) is 30.4 Å². The van der Waals surface area contributed by atoms with Gasteiger partial charge < -0.3 is 49.1 Å². The second-order valence-corrected chi connectivity index (χ2v) is 9.29. The summed E-state index contributed by atoms with van der Waals surface area (Å²) in [5.74, 6) is -5.00. The number of phenols is 1. The minimum absolute atomic E-state index is 0.00720. The SMILES string of the molecule is CC(C)[C@H](NC(=O)[C@H](CCCN=C(N)N)NC(=O)[C@@H](N)CC(N)=O)C(=O)N[C@@H](Cc1ccc(O)cc1)C(=O)O. The number of carbonyl (C=O) groups excluding carboxylic acids is 4. The molecule has 0 saturated carbocycles. The predicted octanol–water partition coefficient (Wildman–Crippen LogP) is -2.61. The highest BCUT2D eigenvalue weighted by Gasteiger charge is 2.32. The fraction of sp³-hybridized carbons (Fsp3) is 0.500. The molecule has 0 aliphatic heterocycles. The van der Waals surface area contributed by atoms with Crippen molar-refractivity contribution >= 4 is 35.6 Å². The Labute approximate surface area is 225 Å². The standard InChI is InChI=1S/C24H38N8O7/c1-12(2)19(22(37)31-17(23(38)39)10-13-5-7-14(33)8-6-13)32-21(36)16(4-3-9-29-24(27)28)30-20(35)15(25)11-18(26)34/h5-8,12,15-17,19,33H,3-4,9-11,25H2,1-2H3,(H2,26,34)(H,30,35)(H,31,37)(H,32,36)(H,38,39)(H4,27,28,29)/t15-,16-,17-,19-/m0/s1. The lowest BCUT2D eigenvalue weighted by atomic mass is 10.00. The first-order chi connectivity index (χ1) is 18.2. The van der Waals surface area contributed by atoms with Gasteiger partial charge in [-0.05, 0) is 36.5 Å². The van der Waals surface area contributed by atoms with E-state index >= 15 is 0 Å². The van der Waals surface area contributed by atoms with Gasteiger partial charge in [-0.25, -0.2) is 4.79 Å². The number of rotatable bonds is 16. The van der Waals surface area contributed by atoms with E-state index in [0.717, 1.165) is 0 Å². The lowest BCUT2D eigenvalue weighted by molar-refractivity contribution is -0.142. The van der Waals surface area contributed by atoms with Gasteiger partial charge in [0.25, 0.3) is 0 Å². The van der Waals surface area contributed by atoms with Crippen molar-refractivity contribution < 1.29 is 34.2 Å². The van der Waals surface area contributed by atoms with Gasteiger partial charge in [0.1, 0.15) is 23.9 Å². The lowest BCUT2D eigenvalue weighted by Crippen LogP contribution is -2.58. The second-order valence-electron chi connectivity index (χ2n) is 9.29. The minimum atomic E-state index is -1.32. The maximum absolute atomic E-state index is 13.2. The molecule has 0 radical (unpaired) electrons. The van der Waals surface area contributed by atoms with E-state index in [9.17, 15) is 34.2 Å². The average molecular weight is 551 g/mol. The van der Waals surface area contributed by atoms with Crippen molar-refractivity contribution in [2.45, 2.75) is 63.7 Å². The number of phenolic OH excluding ortho intramolecular Hbond substituents is 1. The van der Waals surface area contributed by atoms with E-state index in [-0.39, 0.29) is 37.5 Å². The Morgan fingerprint density at radius 2 is 1.49 bits per heavy atom. The molecule has 1 aromatic rings.